The Balaban J connectivity index is 2.17. The van der Waals surface area contributed by atoms with Crippen LogP contribution in [-0.4, -0.2) is 25.1 Å². The zero-order chi connectivity index (χ0) is 15.7. The van der Waals surface area contributed by atoms with Gasteiger partial charge >= 0.3 is 0 Å². The van der Waals surface area contributed by atoms with Crippen molar-refractivity contribution in [2.75, 3.05) is 11.9 Å². The van der Waals surface area contributed by atoms with Gasteiger partial charge in [-0.3, -0.25) is 14.6 Å². The predicted octanol–water partition coefficient (Wildman–Crippen LogP) is 3.42. The van der Waals surface area contributed by atoms with Crippen LogP contribution in [0.15, 0.2) is 58.0 Å². The first-order valence-corrected chi connectivity index (χ1v) is 7.58. The lowest BCUT2D eigenvalue weighted by atomic mass is 9.89. The smallest absolute Gasteiger partial charge is 0.265 e. The molecule has 1 heterocycles. The highest BCUT2D eigenvalue weighted by molar-refractivity contribution is 9.10. The lowest BCUT2D eigenvalue weighted by molar-refractivity contribution is -0.118. The first-order chi connectivity index (χ1) is 10.6. The fourth-order valence-corrected chi connectivity index (χ4v) is 3.00. The van der Waals surface area contributed by atoms with Crippen LogP contribution in [0.1, 0.15) is 21.8 Å². The summed E-state index contributed by atoms with van der Waals surface area (Å²) in [6.07, 6.45) is 1.58. The van der Waals surface area contributed by atoms with E-state index in [0.717, 1.165) is 4.47 Å². The Kier molecular flexibility index (Phi) is 3.90. The molecular weight excluding hydrogens is 344 g/mol. The highest BCUT2D eigenvalue weighted by atomic mass is 79.9. The molecule has 0 bridgehead atoms. The number of carbonyl (C=O) groups excluding carboxylic acids is 2. The number of carbonyl (C=O) groups is 2. The Bertz CT molecular complexity index is 786. The van der Waals surface area contributed by atoms with Crippen LogP contribution in [0.3, 0.4) is 0 Å². The maximum Gasteiger partial charge on any atom is 0.265 e. The molecule has 5 heteroatoms. The van der Waals surface area contributed by atoms with Crippen LogP contribution in [0.5, 0.6) is 0 Å². The molecule has 0 radical (unpaired) electrons. The molecule has 4 nitrogen and oxygen atoms in total. The van der Waals surface area contributed by atoms with Crippen LogP contribution in [0.2, 0.25) is 0 Å². The van der Waals surface area contributed by atoms with Crippen molar-refractivity contribution in [2.45, 2.75) is 5.92 Å². The van der Waals surface area contributed by atoms with Crippen molar-refractivity contribution >= 4 is 39.6 Å². The first-order valence-electron chi connectivity index (χ1n) is 6.78. The van der Waals surface area contributed by atoms with Gasteiger partial charge < -0.3 is 0 Å². The number of amides is 2. The molecule has 22 heavy (non-hydrogen) atoms. The normalized spacial score (nSPS) is 17.9. The molecule has 2 aromatic rings. The maximum absolute atomic E-state index is 12.8. The van der Waals surface area contributed by atoms with Crippen molar-refractivity contribution in [3.63, 3.8) is 0 Å². The van der Waals surface area contributed by atoms with Crippen molar-refractivity contribution in [3.8, 4) is 0 Å². The molecule has 2 amide bonds. The van der Waals surface area contributed by atoms with Gasteiger partial charge in [-0.1, -0.05) is 40.2 Å². The van der Waals surface area contributed by atoms with Gasteiger partial charge in [0.1, 0.15) is 0 Å². The minimum absolute atomic E-state index is 0.285. The van der Waals surface area contributed by atoms with Crippen LogP contribution in [0.25, 0.3) is 0 Å². The molecule has 0 aliphatic carbocycles. The van der Waals surface area contributed by atoms with Crippen molar-refractivity contribution in [1.29, 1.82) is 0 Å². The van der Waals surface area contributed by atoms with E-state index in [9.17, 15) is 9.59 Å². The highest BCUT2D eigenvalue weighted by Gasteiger charge is 2.38. The molecule has 0 aromatic heterocycles. The van der Waals surface area contributed by atoms with E-state index in [1.165, 1.54) is 4.90 Å². The minimum atomic E-state index is -0.544. The monoisotopic (exact) mass is 356 g/mol. The van der Waals surface area contributed by atoms with E-state index < -0.39 is 5.92 Å². The Labute approximate surface area is 136 Å². The van der Waals surface area contributed by atoms with Gasteiger partial charge in [0.05, 0.1) is 11.6 Å². The van der Waals surface area contributed by atoms with Crippen molar-refractivity contribution < 1.29 is 9.59 Å². The number of hydrogen-bond acceptors (Lipinski definition) is 3. The second kappa shape index (κ2) is 5.85. The maximum atomic E-state index is 12.8. The van der Waals surface area contributed by atoms with E-state index in [-0.39, 0.29) is 11.8 Å². The molecule has 0 saturated heterocycles. The molecule has 1 aliphatic rings. The number of fused-ring (bicyclic) bond motifs is 1. The number of imide groups is 1. The molecule has 1 unspecified atom stereocenters. The van der Waals surface area contributed by atoms with E-state index in [1.807, 2.05) is 12.1 Å². The summed E-state index contributed by atoms with van der Waals surface area (Å²) in [6, 6.07) is 14.3. The second-order valence-electron chi connectivity index (χ2n) is 4.93. The summed E-state index contributed by atoms with van der Waals surface area (Å²) >= 11 is 3.37. The van der Waals surface area contributed by atoms with Crippen LogP contribution in [0, 0.1) is 0 Å². The largest absolute Gasteiger partial charge is 0.300 e. The first kappa shape index (κ1) is 14.7. The summed E-state index contributed by atoms with van der Waals surface area (Å²) in [4.78, 5) is 30.7. The summed E-state index contributed by atoms with van der Waals surface area (Å²) in [6.45, 7) is 0. The molecule has 0 saturated carbocycles. The van der Waals surface area contributed by atoms with Crippen molar-refractivity contribution in [2.24, 2.45) is 4.99 Å². The van der Waals surface area contributed by atoms with E-state index in [0.29, 0.717) is 16.8 Å². The average molecular weight is 357 g/mol. The standard InChI is InChI=1S/C17H13BrN2O2/c1-19-10-15-13-7-2-3-8-14(13)16(21)20(17(15)22)12-6-4-5-11(18)9-12/h2-10,15H,1H3. The fourth-order valence-electron chi connectivity index (χ4n) is 2.61. The Morgan fingerprint density at radius 1 is 1.14 bits per heavy atom. The quantitative estimate of drug-likeness (QED) is 0.611. The lowest BCUT2D eigenvalue weighted by Crippen LogP contribution is -2.45. The van der Waals surface area contributed by atoms with Crippen molar-refractivity contribution in [3.05, 3.63) is 64.1 Å². The number of aliphatic imine (C=N–C) groups is 1. The Hall–Kier alpha value is -2.27. The van der Waals surface area contributed by atoms with E-state index in [4.69, 9.17) is 0 Å². The van der Waals surface area contributed by atoms with Crippen LogP contribution < -0.4 is 4.90 Å². The third-order valence-electron chi connectivity index (χ3n) is 3.58. The van der Waals surface area contributed by atoms with Gasteiger partial charge in [-0.05, 0) is 29.8 Å². The lowest BCUT2D eigenvalue weighted by Gasteiger charge is -2.31. The number of benzene rings is 2. The van der Waals surface area contributed by atoms with Crippen LogP contribution in [-0.2, 0) is 4.79 Å². The van der Waals surface area contributed by atoms with Crippen LogP contribution >= 0.6 is 15.9 Å². The third kappa shape index (κ3) is 2.37. The summed E-state index contributed by atoms with van der Waals surface area (Å²) in [5, 5.41) is 0. The van der Waals surface area contributed by atoms with Gasteiger partial charge in [0.2, 0.25) is 5.91 Å². The zero-order valence-electron chi connectivity index (χ0n) is 11.9. The molecule has 0 fully saturated rings. The molecule has 1 atom stereocenters. The van der Waals surface area contributed by atoms with Crippen LogP contribution in [0.4, 0.5) is 5.69 Å². The predicted molar refractivity (Wildman–Crippen MR) is 89.6 cm³/mol. The number of nitrogens with zero attached hydrogens (tertiary/aromatic N) is 2. The second-order valence-corrected chi connectivity index (χ2v) is 5.85. The van der Waals surface area contributed by atoms with Gasteiger partial charge in [-0.25, -0.2) is 4.90 Å². The van der Waals surface area contributed by atoms with Crippen molar-refractivity contribution in [1.82, 2.24) is 0 Å². The average Bonchev–Trinajstić information content (AvgIpc) is 2.52. The summed E-state index contributed by atoms with van der Waals surface area (Å²) < 4.78 is 0.810. The number of hydrogen-bond donors (Lipinski definition) is 0. The molecule has 0 spiro atoms. The van der Waals surface area contributed by atoms with E-state index in [1.54, 1.807) is 49.7 Å². The molecule has 3 rings (SSSR count). The minimum Gasteiger partial charge on any atom is -0.300 e. The van der Waals surface area contributed by atoms with Gasteiger partial charge in [0, 0.05) is 23.3 Å². The van der Waals surface area contributed by atoms with Gasteiger partial charge in [0.25, 0.3) is 5.91 Å². The SMILES string of the molecule is CN=CC1C(=O)N(c2cccc(Br)c2)C(=O)c2ccccc21. The summed E-state index contributed by atoms with van der Waals surface area (Å²) in [7, 11) is 1.62. The fraction of sp³-hybridized carbons (Fsp3) is 0.118. The number of halogens is 1. The van der Waals surface area contributed by atoms with E-state index in [2.05, 4.69) is 20.9 Å². The number of rotatable bonds is 2. The molecule has 0 N–H and O–H groups in total. The summed E-state index contributed by atoms with van der Waals surface area (Å²) in [5.41, 5.74) is 1.79. The van der Waals surface area contributed by atoms with Gasteiger partial charge in [-0.2, -0.15) is 0 Å². The Morgan fingerprint density at radius 3 is 2.64 bits per heavy atom. The molecule has 1 aliphatic heterocycles. The molecule has 110 valence electrons. The Morgan fingerprint density at radius 2 is 1.91 bits per heavy atom. The summed E-state index contributed by atoms with van der Waals surface area (Å²) in [5.74, 6) is -1.13. The highest BCUT2D eigenvalue weighted by Crippen LogP contribution is 2.32. The topological polar surface area (TPSA) is 49.7 Å². The molecular formula is C17H13BrN2O2. The zero-order valence-corrected chi connectivity index (χ0v) is 13.4. The number of anilines is 1. The van der Waals surface area contributed by atoms with Gasteiger partial charge in [-0.15, -0.1) is 0 Å². The van der Waals surface area contributed by atoms with E-state index >= 15 is 0 Å². The molecule has 2 aromatic carbocycles. The third-order valence-corrected chi connectivity index (χ3v) is 4.07. The van der Waals surface area contributed by atoms with Gasteiger partial charge in [0.15, 0.2) is 0 Å².